The number of hydrogen-bond donors (Lipinski definition) is 0. The summed E-state index contributed by atoms with van der Waals surface area (Å²) < 4.78 is 0. The van der Waals surface area contributed by atoms with Gasteiger partial charge in [0.2, 0.25) is 0 Å². The van der Waals surface area contributed by atoms with Crippen LogP contribution >= 0.6 is 0 Å². The Morgan fingerprint density at radius 3 is 2.18 bits per heavy atom. The van der Waals surface area contributed by atoms with E-state index in [4.69, 9.17) is 0 Å². The summed E-state index contributed by atoms with van der Waals surface area (Å²) in [5, 5.41) is 0. The van der Waals surface area contributed by atoms with E-state index in [9.17, 15) is 4.79 Å². The summed E-state index contributed by atoms with van der Waals surface area (Å²) in [6, 6.07) is 15.1. The van der Waals surface area contributed by atoms with E-state index in [1.54, 1.807) is 0 Å². The van der Waals surface area contributed by atoms with Gasteiger partial charge in [0, 0.05) is 17.6 Å². The molecule has 1 nitrogen and oxygen atoms in total. The highest BCUT2D eigenvalue weighted by molar-refractivity contribution is 6.14. The third-order valence-corrected chi connectivity index (χ3v) is 6.66. The topological polar surface area (TPSA) is 17.1 Å². The Balaban J connectivity index is 1.68. The molecule has 0 atom stereocenters. The van der Waals surface area contributed by atoms with Crippen LogP contribution in [0.15, 0.2) is 54.1 Å². The van der Waals surface area contributed by atoms with E-state index in [1.807, 2.05) is 12.1 Å². The van der Waals surface area contributed by atoms with Crippen molar-refractivity contribution < 1.29 is 4.79 Å². The Labute approximate surface area is 169 Å². The molecule has 0 aromatic heterocycles. The maximum absolute atomic E-state index is 13.1. The fourth-order valence-corrected chi connectivity index (χ4v) is 4.89. The fraction of sp³-hybridized carbons (Fsp3) is 0.444. The van der Waals surface area contributed by atoms with E-state index in [2.05, 4.69) is 64.1 Å². The van der Waals surface area contributed by atoms with Gasteiger partial charge in [-0.1, -0.05) is 95.5 Å². The van der Waals surface area contributed by atoms with Crippen molar-refractivity contribution in [2.24, 2.45) is 5.41 Å². The summed E-state index contributed by atoms with van der Waals surface area (Å²) in [6.07, 6.45) is 9.42. The molecular formula is C27H32O. The number of benzene rings is 2. The zero-order valence-corrected chi connectivity index (χ0v) is 17.8. The van der Waals surface area contributed by atoms with Crippen LogP contribution < -0.4 is 0 Å². The Morgan fingerprint density at radius 2 is 1.54 bits per heavy atom. The summed E-state index contributed by atoms with van der Waals surface area (Å²) in [7, 11) is 0. The van der Waals surface area contributed by atoms with E-state index in [-0.39, 0.29) is 16.6 Å². The molecule has 1 heteroatoms. The lowest BCUT2D eigenvalue weighted by Gasteiger charge is -2.31. The van der Waals surface area contributed by atoms with E-state index in [1.165, 1.54) is 54.4 Å². The lowest BCUT2D eigenvalue weighted by molar-refractivity contribution is 0.103. The molecule has 4 rings (SSSR count). The maximum Gasteiger partial charge on any atom is 0.189 e. The molecule has 0 N–H and O–H groups in total. The summed E-state index contributed by atoms with van der Waals surface area (Å²) >= 11 is 0. The van der Waals surface area contributed by atoms with Gasteiger partial charge in [-0.3, -0.25) is 4.79 Å². The van der Waals surface area contributed by atoms with Crippen molar-refractivity contribution >= 4 is 5.78 Å². The number of carbonyl (C=O) groups excluding carboxylic acids is 1. The number of allylic oxidation sites excluding steroid dienone is 2. The molecule has 1 fully saturated rings. The monoisotopic (exact) mass is 372 g/mol. The third kappa shape index (κ3) is 3.60. The van der Waals surface area contributed by atoms with Crippen LogP contribution in [0, 0.1) is 5.41 Å². The highest BCUT2D eigenvalue weighted by Gasteiger charge is 2.31. The van der Waals surface area contributed by atoms with Gasteiger partial charge < -0.3 is 0 Å². The van der Waals surface area contributed by atoms with Gasteiger partial charge in [-0.05, 0) is 45.9 Å². The van der Waals surface area contributed by atoms with Gasteiger partial charge >= 0.3 is 0 Å². The standard InChI is InChI=1S/C27H32O/c1-26(2,3)21-13-11-19(12-14-21)22-9-8-10-23-24(22)17-20(25(23)28)18-27(4)15-6-5-7-16-27/h8-14,18H,5-7,15-17H2,1-4H3/b20-18+. The van der Waals surface area contributed by atoms with Gasteiger partial charge in [0.05, 0.1) is 0 Å². The highest BCUT2D eigenvalue weighted by atomic mass is 16.1. The minimum atomic E-state index is 0.151. The Hall–Kier alpha value is -2.15. The number of hydrogen-bond acceptors (Lipinski definition) is 1. The highest BCUT2D eigenvalue weighted by Crippen LogP contribution is 2.41. The Kier molecular flexibility index (Phi) is 4.81. The average molecular weight is 373 g/mol. The second-order valence-electron chi connectivity index (χ2n) is 10.0. The van der Waals surface area contributed by atoms with Crippen molar-refractivity contribution in [3.63, 3.8) is 0 Å². The minimum absolute atomic E-state index is 0.151. The molecule has 2 aliphatic carbocycles. The van der Waals surface area contributed by atoms with Gasteiger partial charge in [-0.25, -0.2) is 0 Å². The van der Waals surface area contributed by atoms with Gasteiger partial charge in [-0.2, -0.15) is 0 Å². The van der Waals surface area contributed by atoms with Crippen LogP contribution in [-0.2, 0) is 11.8 Å². The summed E-state index contributed by atoms with van der Waals surface area (Å²) in [4.78, 5) is 13.1. The molecule has 1 saturated carbocycles. The van der Waals surface area contributed by atoms with Crippen molar-refractivity contribution in [1.29, 1.82) is 0 Å². The Morgan fingerprint density at radius 1 is 0.893 bits per heavy atom. The second-order valence-corrected chi connectivity index (χ2v) is 10.0. The molecule has 0 spiro atoms. The normalized spacial score (nSPS) is 20.4. The van der Waals surface area contributed by atoms with E-state index >= 15 is 0 Å². The number of fused-ring (bicyclic) bond motifs is 1. The first-order valence-electron chi connectivity index (χ1n) is 10.8. The molecule has 0 bridgehead atoms. The Bertz CT molecular complexity index is 916. The molecule has 0 amide bonds. The quantitative estimate of drug-likeness (QED) is 0.506. The van der Waals surface area contributed by atoms with Crippen LogP contribution in [0.3, 0.4) is 0 Å². The smallest absolute Gasteiger partial charge is 0.189 e. The van der Waals surface area contributed by atoms with Gasteiger partial charge in [0.15, 0.2) is 5.78 Å². The predicted octanol–water partition coefficient (Wildman–Crippen LogP) is 7.29. The molecule has 0 unspecified atom stereocenters. The van der Waals surface area contributed by atoms with Crippen molar-refractivity contribution in [2.45, 2.75) is 71.6 Å². The van der Waals surface area contributed by atoms with E-state index in [0.29, 0.717) is 0 Å². The zero-order valence-electron chi connectivity index (χ0n) is 17.8. The molecule has 0 saturated heterocycles. The lowest BCUT2D eigenvalue weighted by atomic mass is 9.74. The van der Waals surface area contributed by atoms with Gasteiger partial charge in [-0.15, -0.1) is 0 Å². The van der Waals surface area contributed by atoms with Crippen LogP contribution in [0.25, 0.3) is 11.1 Å². The maximum atomic E-state index is 13.1. The average Bonchev–Trinajstić information content (AvgIpc) is 2.97. The summed E-state index contributed by atoms with van der Waals surface area (Å²) in [6.45, 7) is 9.05. The van der Waals surface area contributed by atoms with Crippen LogP contribution in [0.1, 0.15) is 81.3 Å². The number of rotatable bonds is 2. The molecule has 2 aromatic rings. The molecule has 28 heavy (non-hydrogen) atoms. The van der Waals surface area contributed by atoms with E-state index in [0.717, 1.165) is 17.6 Å². The zero-order chi connectivity index (χ0) is 19.9. The van der Waals surface area contributed by atoms with Crippen LogP contribution in [0.2, 0.25) is 0 Å². The van der Waals surface area contributed by atoms with Crippen molar-refractivity contribution in [2.75, 3.05) is 0 Å². The molecule has 2 aromatic carbocycles. The molecule has 0 aliphatic heterocycles. The summed E-state index contributed by atoms with van der Waals surface area (Å²) in [5.74, 6) is 0.245. The van der Waals surface area contributed by atoms with Crippen molar-refractivity contribution in [1.82, 2.24) is 0 Å². The van der Waals surface area contributed by atoms with Gasteiger partial charge in [0.25, 0.3) is 0 Å². The minimum Gasteiger partial charge on any atom is -0.289 e. The molecule has 146 valence electrons. The van der Waals surface area contributed by atoms with Crippen LogP contribution in [0.5, 0.6) is 0 Å². The number of Topliss-reactive ketones (excluding diaryl/α,β-unsaturated/α-hetero) is 1. The first-order valence-corrected chi connectivity index (χ1v) is 10.8. The largest absolute Gasteiger partial charge is 0.289 e. The lowest BCUT2D eigenvalue weighted by Crippen LogP contribution is -2.18. The molecule has 2 aliphatic rings. The number of carbonyl (C=O) groups is 1. The van der Waals surface area contributed by atoms with Crippen LogP contribution in [-0.4, -0.2) is 5.78 Å². The predicted molar refractivity (Wildman–Crippen MR) is 118 cm³/mol. The van der Waals surface area contributed by atoms with E-state index < -0.39 is 0 Å². The first-order chi connectivity index (χ1) is 13.3. The van der Waals surface area contributed by atoms with Gasteiger partial charge in [0.1, 0.15) is 0 Å². The van der Waals surface area contributed by atoms with Crippen molar-refractivity contribution in [3.8, 4) is 11.1 Å². The molecule has 0 radical (unpaired) electrons. The summed E-state index contributed by atoms with van der Waals surface area (Å²) in [5.41, 5.74) is 7.23. The third-order valence-electron chi connectivity index (χ3n) is 6.66. The second kappa shape index (κ2) is 7.03. The molecular weight excluding hydrogens is 340 g/mol. The SMILES string of the molecule is CC1(/C=C2\Cc3c(cccc3-c3ccc(C(C)(C)C)cc3)C2=O)CCCCC1. The first kappa shape index (κ1) is 19.2. The molecule has 0 heterocycles. The fourth-order valence-electron chi connectivity index (χ4n) is 4.89. The number of ketones is 1. The van der Waals surface area contributed by atoms with Crippen molar-refractivity contribution in [3.05, 3.63) is 70.8 Å². The van der Waals surface area contributed by atoms with Crippen LogP contribution in [0.4, 0.5) is 0 Å².